The lowest BCUT2D eigenvalue weighted by molar-refractivity contribution is 0.0528. The molecule has 3 nitrogen and oxygen atoms in total. The van der Waals surface area contributed by atoms with E-state index in [1.807, 2.05) is 20.8 Å². The predicted octanol–water partition coefficient (Wildman–Crippen LogP) is 4.90. The third-order valence-corrected chi connectivity index (χ3v) is 9.46. The van der Waals surface area contributed by atoms with Gasteiger partial charge in [0, 0.05) is 6.54 Å². The summed E-state index contributed by atoms with van der Waals surface area (Å²) in [5.74, 6) is 0. The van der Waals surface area contributed by atoms with Crippen molar-refractivity contribution in [1.82, 2.24) is 5.32 Å². The lowest BCUT2D eigenvalue weighted by Gasteiger charge is -2.28. The summed E-state index contributed by atoms with van der Waals surface area (Å²) in [6, 6.07) is 32.4. The summed E-state index contributed by atoms with van der Waals surface area (Å²) < 4.78 is 5.38. The average molecular weight is 421 g/mol. The number of hydrogen-bond donors (Lipinski definition) is 1. The van der Waals surface area contributed by atoms with Crippen molar-refractivity contribution in [2.45, 2.75) is 32.8 Å². The van der Waals surface area contributed by atoms with Crippen molar-refractivity contribution >= 4 is 29.3 Å². The van der Waals surface area contributed by atoms with E-state index in [-0.39, 0.29) is 6.09 Å². The highest BCUT2D eigenvalue weighted by atomic mass is 31.2. The van der Waals surface area contributed by atoms with Gasteiger partial charge < -0.3 is 10.1 Å². The zero-order valence-corrected chi connectivity index (χ0v) is 18.9. The van der Waals surface area contributed by atoms with Crippen molar-refractivity contribution in [3.05, 3.63) is 91.0 Å². The molecule has 0 atom stereocenters. The van der Waals surface area contributed by atoms with Gasteiger partial charge in [0.1, 0.15) is 28.8 Å². The molecule has 0 unspecified atom stereocenters. The zero-order chi connectivity index (χ0) is 21.5. The molecule has 4 heteroatoms. The van der Waals surface area contributed by atoms with Gasteiger partial charge in [-0.2, -0.15) is 0 Å². The number of rotatable bonds is 7. The SMILES string of the molecule is CC(C)(C)OC(=O)NCCC[P+](c1ccccc1)(c1ccccc1)c1ccccc1. The summed E-state index contributed by atoms with van der Waals surface area (Å²) in [5, 5.41) is 7.01. The van der Waals surface area contributed by atoms with Crippen LogP contribution in [0.3, 0.4) is 0 Å². The molecule has 3 aromatic rings. The van der Waals surface area contributed by atoms with E-state index in [0.29, 0.717) is 6.54 Å². The molecule has 30 heavy (non-hydrogen) atoms. The molecule has 3 rings (SSSR count). The van der Waals surface area contributed by atoms with Crippen LogP contribution in [0.1, 0.15) is 27.2 Å². The van der Waals surface area contributed by atoms with Crippen molar-refractivity contribution in [2.75, 3.05) is 12.7 Å². The molecule has 3 aromatic carbocycles. The van der Waals surface area contributed by atoms with Crippen LogP contribution in [0.2, 0.25) is 0 Å². The number of benzene rings is 3. The van der Waals surface area contributed by atoms with Crippen LogP contribution in [0.25, 0.3) is 0 Å². The minimum absolute atomic E-state index is 0.356. The van der Waals surface area contributed by atoms with Crippen LogP contribution in [-0.2, 0) is 4.74 Å². The number of amides is 1. The van der Waals surface area contributed by atoms with E-state index in [1.165, 1.54) is 15.9 Å². The number of alkyl carbamates (subject to hydrolysis) is 1. The highest BCUT2D eigenvalue weighted by Crippen LogP contribution is 2.55. The maximum absolute atomic E-state index is 12.1. The van der Waals surface area contributed by atoms with E-state index < -0.39 is 12.9 Å². The minimum Gasteiger partial charge on any atom is -0.444 e. The van der Waals surface area contributed by atoms with E-state index in [2.05, 4.69) is 96.3 Å². The molecule has 0 heterocycles. The second-order valence-electron chi connectivity index (χ2n) is 8.32. The fourth-order valence-electron chi connectivity index (χ4n) is 3.70. The van der Waals surface area contributed by atoms with Crippen LogP contribution < -0.4 is 21.2 Å². The molecule has 1 amide bonds. The summed E-state index contributed by atoms with van der Waals surface area (Å²) in [4.78, 5) is 12.1. The molecule has 0 spiro atoms. The largest absolute Gasteiger partial charge is 0.444 e. The van der Waals surface area contributed by atoms with Gasteiger partial charge in [-0.3, -0.25) is 0 Å². The second kappa shape index (κ2) is 9.91. The molecule has 0 aliphatic heterocycles. The normalized spacial score (nSPS) is 11.7. The topological polar surface area (TPSA) is 38.3 Å². The van der Waals surface area contributed by atoms with Crippen molar-refractivity contribution < 1.29 is 9.53 Å². The van der Waals surface area contributed by atoms with Gasteiger partial charge in [-0.1, -0.05) is 54.6 Å². The van der Waals surface area contributed by atoms with Crippen LogP contribution in [0, 0.1) is 0 Å². The van der Waals surface area contributed by atoms with Crippen LogP contribution in [-0.4, -0.2) is 24.4 Å². The smallest absolute Gasteiger partial charge is 0.407 e. The first-order chi connectivity index (χ1) is 14.4. The summed E-state index contributed by atoms with van der Waals surface area (Å²) in [7, 11) is -1.85. The molecule has 0 aliphatic rings. The van der Waals surface area contributed by atoms with E-state index >= 15 is 0 Å². The maximum Gasteiger partial charge on any atom is 0.407 e. The molecular weight excluding hydrogens is 389 g/mol. The summed E-state index contributed by atoms with van der Waals surface area (Å²) in [6.45, 7) is 6.22. The van der Waals surface area contributed by atoms with Gasteiger partial charge in [0.25, 0.3) is 0 Å². The molecule has 1 N–H and O–H groups in total. The zero-order valence-electron chi connectivity index (χ0n) is 18.0. The molecule has 0 aliphatic carbocycles. The molecule has 0 fully saturated rings. The molecule has 0 bridgehead atoms. The van der Waals surface area contributed by atoms with Gasteiger partial charge in [-0.25, -0.2) is 4.79 Å². The van der Waals surface area contributed by atoms with Gasteiger partial charge >= 0.3 is 6.09 Å². The highest BCUT2D eigenvalue weighted by Gasteiger charge is 2.44. The summed E-state index contributed by atoms with van der Waals surface area (Å²) in [6.07, 6.45) is 1.48. The van der Waals surface area contributed by atoms with Crippen LogP contribution in [0.5, 0.6) is 0 Å². The standard InChI is InChI=1S/C26H30NO2P/c1-26(2,3)29-25(28)27-20-13-21-30(22-14-7-4-8-15-22,23-16-9-5-10-17-23)24-18-11-6-12-19-24/h4-12,14-19H,13,20-21H2,1-3H3/p+1. The molecule has 0 radical (unpaired) electrons. The van der Waals surface area contributed by atoms with Crippen LogP contribution in [0.4, 0.5) is 4.79 Å². The van der Waals surface area contributed by atoms with Crippen molar-refractivity contribution in [3.8, 4) is 0 Å². The van der Waals surface area contributed by atoms with E-state index in [9.17, 15) is 4.79 Å². The Balaban J connectivity index is 1.91. The van der Waals surface area contributed by atoms with Crippen LogP contribution >= 0.6 is 7.26 Å². The van der Waals surface area contributed by atoms with Gasteiger partial charge in [0.15, 0.2) is 0 Å². The Morgan fingerprint density at radius 3 is 1.53 bits per heavy atom. The Morgan fingerprint density at radius 2 is 1.17 bits per heavy atom. The first-order valence-electron chi connectivity index (χ1n) is 10.4. The van der Waals surface area contributed by atoms with E-state index in [1.54, 1.807) is 0 Å². The Labute approximate surface area is 180 Å². The lowest BCUT2D eigenvalue weighted by Crippen LogP contribution is -2.36. The number of ether oxygens (including phenoxy) is 1. The quantitative estimate of drug-likeness (QED) is 0.436. The van der Waals surface area contributed by atoms with Crippen molar-refractivity contribution in [1.29, 1.82) is 0 Å². The second-order valence-corrected chi connectivity index (χ2v) is 11.9. The molecule has 0 saturated carbocycles. The lowest BCUT2D eigenvalue weighted by atomic mass is 10.2. The number of hydrogen-bond acceptors (Lipinski definition) is 2. The first-order valence-corrected chi connectivity index (χ1v) is 12.4. The number of carbonyl (C=O) groups is 1. The molecule has 0 aromatic heterocycles. The Bertz CT molecular complexity index is 825. The minimum atomic E-state index is -1.85. The van der Waals surface area contributed by atoms with Gasteiger partial charge in [0.05, 0.1) is 6.16 Å². The average Bonchev–Trinajstić information content (AvgIpc) is 2.75. The molecular formula is C26H31NO2P+. The summed E-state index contributed by atoms with van der Waals surface area (Å²) in [5.41, 5.74) is -0.487. The monoisotopic (exact) mass is 420 g/mol. The number of nitrogens with one attached hydrogen (secondary N) is 1. The van der Waals surface area contributed by atoms with Crippen LogP contribution in [0.15, 0.2) is 91.0 Å². The van der Waals surface area contributed by atoms with Crippen molar-refractivity contribution in [3.63, 3.8) is 0 Å². The summed E-state index contributed by atoms with van der Waals surface area (Å²) >= 11 is 0. The highest BCUT2D eigenvalue weighted by molar-refractivity contribution is 7.95. The van der Waals surface area contributed by atoms with E-state index in [0.717, 1.165) is 12.6 Å². The third-order valence-electron chi connectivity index (χ3n) is 4.93. The predicted molar refractivity (Wildman–Crippen MR) is 129 cm³/mol. The Morgan fingerprint density at radius 1 is 0.767 bits per heavy atom. The maximum atomic E-state index is 12.1. The van der Waals surface area contributed by atoms with Gasteiger partial charge in [-0.15, -0.1) is 0 Å². The first kappa shape index (κ1) is 22.1. The van der Waals surface area contributed by atoms with Gasteiger partial charge in [0.2, 0.25) is 0 Å². The fourth-order valence-corrected chi connectivity index (χ4v) is 8.05. The molecule has 0 saturated heterocycles. The van der Waals surface area contributed by atoms with Gasteiger partial charge in [-0.05, 0) is 63.6 Å². The number of carbonyl (C=O) groups excluding carboxylic acids is 1. The third kappa shape index (κ3) is 5.49. The van der Waals surface area contributed by atoms with E-state index in [4.69, 9.17) is 4.74 Å². The molecule has 156 valence electrons. The van der Waals surface area contributed by atoms with Crippen molar-refractivity contribution in [2.24, 2.45) is 0 Å². The Hall–Kier alpha value is -2.64. The Kier molecular flexibility index (Phi) is 7.29. The fraction of sp³-hybridized carbons (Fsp3) is 0.269.